The summed E-state index contributed by atoms with van der Waals surface area (Å²) >= 11 is 0. The first-order chi connectivity index (χ1) is 8.10. The molecule has 2 aromatic heterocycles. The number of nitrogens with zero attached hydrogens (tertiary/aromatic N) is 3. The molecule has 0 amide bonds. The Kier molecular flexibility index (Phi) is 2.29. The van der Waals surface area contributed by atoms with Crippen LogP contribution in [0.15, 0.2) is 20.5 Å². The topological polar surface area (TPSA) is 97.0 Å². The highest BCUT2D eigenvalue weighted by Crippen LogP contribution is 1.99. The van der Waals surface area contributed by atoms with Gasteiger partial charge >= 0.3 is 16.9 Å². The Hall–Kier alpha value is -2.82. The molecular weight excluding hydrogens is 226 g/mol. The smallest absolute Gasteiger partial charge is 0.300 e. The summed E-state index contributed by atoms with van der Waals surface area (Å²) in [4.78, 5) is 42.0. The van der Waals surface area contributed by atoms with Crippen LogP contribution in [0.4, 0.5) is 0 Å². The van der Waals surface area contributed by atoms with Gasteiger partial charge in [-0.25, -0.2) is 14.2 Å². The quantitative estimate of drug-likeness (QED) is 0.640. The van der Waals surface area contributed by atoms with E-state index in [1.807, 2.05) is 0 Å². The lowest BCUT2D eigenvalue weighted by atomic mass is 10.5. The number of aromatic amines is 2. The van der Waals surface area contributed by atoms with Gasteiger partial charge in [-0.1, -0.05) is 6.08 Å². The third-order valence-corrected chi connectivity index (χ3v) is 2.14. The Bertz CT molecular complexity index is 823. The Morgan fingerprint density at radius 3 is 2.59 bits per heavy atom. The van der Waals surface area contributed by atoms with E-state index < -0.39 is 16.9 Å². The molecule has 0 unspecified atom stereocenters. The van der Waals surface area contributed by atoms with Crippen molar-refractivity contribution in [1.29, 1.82) is 0 Å². The zero-order valence-corrected chi connectivity index (χ0v) is 8.72. The van der Waals surface area contributed by atoms with Gasteiger partial charge in [-0.05, 0) is 6.92 Å². The monoisotopic (exact) mass is 233 g/mol. The van der Waals surface area contributed by atoms with Gasteiger partial charge in [0.25, 0.3) is 0 Å². The molecule has 8 nitrogen and oxygen atoms in total. The molecule has 0 radical (unpaired) electrons. The van der Waals surface area contributed by atoms with Crippen LogP contribution in [0.3, 0.4) is 0 Å². The molecule has 0 atom stereocenters. The fourth-order valence-electron chi connectivity index (χ4n) is 1.48. The average molecular weight is 233 g/mol. The highest BCUT2D eigenvalue weighted by atomic mass is 16.2. The highest BCUT2D eigenvalue weighted by Gasteiger charge is 2.17. The molecule has 0 saturated heterocycles. The second-order valence-electron chi connectivity index (χ2n) is 3.15. The molecule has 17 heavy (non-hydrogen) atoms. The van der Waals surface area contributed by atoms with Crippen LogP contribution in [-0.2, 0) is 0 Å². The maximum atomic E-state index is 11.8. The second-order valence-corrected chi connectivity index (χ2v) is 3.15. The van der Waals surface area contributed by atoms with Crippen molar-refractivity contribution in [1.82, 2.24) is 19.2 Å². The van der Waals surface area contributed by atoms with Gasteiger partial charge < -0.3 is 0 Å². The van der Waals surface area contributed by atoms with Crippen LogP contribution in [0, 0.1) is 6.57 Å². The van der Waals surface area contributed by atoms with Crippen LogP contribution in [0.5, 0.6) is 0 Å². The molecule has 2 aromatic rings. The molecule has 86 valence electrons. The zero-order chi connectivity index (χ0) is 12.6. The van der Waals surface area contributed by atoms with E-state index in [4.69, 9.17) is 6.57 Å². The molecule has 0 bridgehead atoms. The SMILES string of the molecule is [C-]#[N+]n1c(=O)c2[nH]c(=O)[nH]c2n(C=CC)c1=O. The van der Waals surface area contributed by atoms with Crippen LogP contribution in [-0.4, -0.2) is 19.2 Å². The Balaban J connectivity index is 3.18. The first-order valence-electron chi connectivity index (χ1n) is 4.60. The van der Waals surface area contributed by atoms with Gasteiger partial charge in [0.1, 0.15) is 0 Å². The number of fused-ring (bicyclic) bond motifs is 1. The lowest BCUT2D eigenvalue weighted by molar-refractivity contribution is 0.844. The third-order valence-electron chi connectivity index (χ3n) is 2.14. The summed E-state index contributed by atoms with van der Waals surface area (Å²) in [6.07, 6.45) is 2.90. The van der Waals surface area contributed by atoms with E-state index in [-0.39, 0.29) is 11.2 Å². The van der Waals surface area contributed by atoms with E-state index in [0.29, 0.717) is 4.68 Å². The number of aromatic nitrogens is 4. The summed E-state index contributed by atoms with van der Waals surface area (Å²) < 4.78 is 1.37. The van der Waals surface area contributed by atoms with Gasteiger partial charge in [0, 0.05) is 6.20 Å². The van der Waals surface area contributed by atoms with Gasteiger partial charge in [-0.15, -0.1) is 4.95 Å². The minimum atomic E-state index is -0.848. The summed E-state index contributed by atoms with van der Waals surface area (Å²) in [7, 11) is 0. The molecule has 2 heterocycles. The molecule has 2 N–H and O–H groups in total. The standard InChI is InChI=1S/C9H7N5O3/c1-3-4-13-6-5(11-8(16)12-6)7(15)14(10-2)9(13)17/h3-4H,1H3,(H2,11,12,16). The predicted octanol–water partition coefficient (Wildman–Crippen LogP) is -0.647. The number of hydrogen-bond donors (Lipinski definition) is 2. The van der Waals surface area contributed by atoms with E-state index >= 15 is 0 Å². The van der Waals surface area contributed by atoms with Crippen molar-refractivity contribution in [3.05, 3.63) is 48.9 Å². The van der Waals surface area contributed by atoms with Crippen LogP contribution >= 0.6 is 0 Å². The van der Waals surface area contributed by atoms with E-state index in [0.717, 1.165) is 4.57 Å². The van der Waals surface area contributed by atoms with Crippen molar-refractivity contribution >= 4 is 17.4 Å². The number of allylic oxidation sites excluding steroid dienone is 1. The number of H-pyrrole nitrogens is 2. The first-order valence-corrected chi connectivity index (χ1v) is 4.60. The van der Waals surface area contributed by atoms with E-state index in [1.165, 1.54) is 6.20 Å². The van der Waals surface area contributed by atoms with E-state index in [2.05, 4.69) is 14.9 Å². The summed E-state index contributed by atoms with van der Waals surface area (Å²) in [5, 5.41) is 0. The largest absolute Gasteiger partial charge is 0.405 e. The van der Waals surface area contributed by atoms with Crippen molar-refractivity contribution in [3.63, 3.8) is 0 Å². The Morgan fingerprint density at radius 2 is 2.00 bits per heavy atom. The average Bonchev–Trinajstić information content (AvgIpc) is 2.67. The molecule has 0 spiro atoms. The van der Waals surface area contributed by atoms with Crippen LogP contribution in [0.2, 0.25) is 0 Å². The molecule has 0 aromatic carbocycles. The predicted molar refractivity (Wildman–Crippen MR) is 60.4 cm³/mol. The Labute approximate surface area is 93.2 Å². The summed E-state index contributed by atoms with van der Waals surface area (Å²) in [6.45, 7) is 8.45. The second kappa shape index (κ2) is 3.64. The van der Waals surface area contributed by atoms with Crippen molar-refractivity contribution in [3.8, 4) is 0 Å². The summed E-state index contributed by atoms with van der Waals surface area (Å²) in [5.74, 6) is 0. The van der Waals surface area contributed by atoms with Crippen molar-refractivity contribution in [2.24, 2.45) is 0 Å². The Morgan fingerprint density at radius 1 is 1.29 bits per heavy atom. The van der Waals surface area contributed by atoms with Crippen LogP contribution in [0.1, 0.15) is 6.92 Å². The van der Waals surface area contributed by atoms with Gasteiger partial charge in [0.15, 0.2) is 11.2 Å². The van der Waals surface area contributed by atoms with Gasteiger partial charge in [-0.3, -0.25) is 14.8 Å². The molecule has 0 aliphatic carbocycles. The lowest BCUT2D eigenvalue weighted by Gasteiger charge is -1.98. The molecule has 0 saturated carbocycles. The van der Waals surface area contributed by atoms with Crippen LogP contribution in [0.25, 0.3) is 22.3 Å². The lowest BCUT2D eigenvalue weighted by Crippen LogP contribution is -2.35. The maximum Gasteiger partial charge on any atom is 0.405 e. The fraction of sp³-hybridized carbons (Fsp3) is 0.111. The fourth-order valence-corrected chi connectivity index (χ4v) is 1.48. The molecule has 0 aliphatic heterocycles. The van der Waals surface area contributed by atoms with Crippen molar-refractivity contribution < 1.29 is 0 Å². The molecular formula is C9H7N5O3. The normalized spacial score (nSPS) is 11.1. The van der Waals surface area contributed by atoms with Gasteiger partial charge in [0.2, 0.25) is 0 Å². The minimum Gasteiger partial charge on any atom is -0.300 e. The zero-order valence-electron chi connectivity index (χ0n) is 8.72. The minimum absolute atomic E-state index is 0.0444. The van der Waals surface area contributed by atoms with Crippen LogP contribution < -0.4 is 16.9 Å². The van der Waals surface area contributed by atoms with Gasteiger partial charge in [-0.2, -0.15) is 6.57 Å². The molecule has 8 heteroatoms. The highest BCUT2D eigenvalue weighted by molar-refractivity contribution is 5.71. The third kappa shape index (κ3) is 1.41. The first kappa shape index (κ1) is 10.7. The van der Waals surface area contributed by atoms with E-state index in [9.17, 15) is 14.4 Å². The molecule has 2 rings (SSSR count). The molecule has 0 fully saturated rings. The summed E-state index contributed by atoms with van der Waals surface area (Å²) in [6, 6.07) is 0. The molecule has 0 aliphatic rings. The number of rotatable bonds is 1. The van der Waals surface area contributed by atoms with Crippen molar-refractivity contribution in [2.75, 3.05) is 0 Å². The van der Waals surface area contributed by atoms with Crippen molar-refractivity contribution in [2.45, 2.75) is 6.92 Å². The number of hydrogen-bond acceptors (Lipinski definition) is 3. The number of nitrogens with one attached hydrogen (secondary N) is 2. The summed E-state index contributed by atoms with van der Waals surface area (Å²) in [5.41, 5.74) is -2.35. The maximum absolute atomic E-state index is 11.8. The number of imidazole rings is 1. The van der Waals surface area contributed by atoms with Gasteiger partial charge in [0.05, 0.1) is 4.68 Å². The van der Waals surface area contributed by atoms with E-state index in [1.54, 1.807) is 13.0 Å².